The van der Waals surface area contributed by atoms with Crippen LogP contribution in [-0.2, 0) is 20.6 Å². The SMILES string of the molecule is Cn1c(=O)c2[nH]c(NCc3ccc(Br)s3)nc2n(C)c1=O. The second-order valence-electron chi connectivity index (χ2n) is 4.55. The number of hydrogen-bond donors (Lipinski definition) is 2. The smallest absolute Gasteiger partial charge is 0.332 e. The highest BCUT2D eigenvalue weighted by atomic mass is 79.9. The number of imidazole rings is 1. The van der Waals surface area contributed by atoms with Gasteiger partial charge in [0.25, 0.3) is 5.56 Å². The molecule has 9 heteroatoms. The van der Waals surface area contributed by atoms with Crippen molar-refractivity contribution in [1.82, 2.24) is 19.1 Å². The van der Waals surface area contributed by atoms with Crippen molar-refractivity contribution in [2.24, 2.45) is 14.1 Å². The average Bonchev–Trinajstić information content (AvgIpc) is 3.07. The molecule has 0 bridgehead atoms. The van der Waals surface area contributed by atoms with Crippen LogP contribution < -0.4 is 16.6 Å². The summed E-state index contributed by atoms with van der Waals surface area (Å²) in [4.78, 5) is 32.2. The number of hydrogen-bond acceptors (Lipinski definition) is 5. The third-order valence-electron chi connectivity index (χ3n) is 3.15. The van der Waals surface area contributed by atoms with Crippen molar-refractivity contribution in [3.8, 4) is 0 Å². The van der Waals surface area contributed by atoms with Crippen LogP contribution in [0.2, 0.25) is 0 Å². The number of anilines is 1. The van der Waals surface area contributed by atoms with E-state index in [-0.39, 0.29) is 5.56 Å². The summed E-state index contributed by atoms with van der Waals surface area (Å²) in [5, 5.41) is 3.12. The van der Waals surface area contributed by atoms with Gasteiger partial charge in [-0.3, -0.25) is 13.9 Å². The number of halogens is 1. The first-order valence-electron chi connectivity index (χ1n) is 6.11. The minimum Gasteiger partial charge on any atom is -0.351 e. The molecule has 7 nitrogen and oxygen atoms in total. The Bertz CT molecular complexity index is 935. The second-order valence-corrected chi connectivity index (χ2v) is 7.10. The molecule has 2 N–H and O–H groups in total. The van der Waals surface area contributed by atoms with Gasteiger partial charge in [-0.25, -0.2) is 4.79 Å². The predicted octanol–water partition coefficient (Wildman–Crippen LogP) is 1.40. The quantitative estimate of drug-likeness (QED) is 0.730. The first kappa shape index (κ1) is 14.1. The largest absolute Gasteiger partial charge is 0.351 e. The maximum Gasteiger partial charge on any atom is 0.332 e. The van der Waals surface area contributed by atoms with Gasteiger partial charge in [-0.2, -0.15) is 4.98 Å². The number of nitrogens with zero attached hydrogens (tertiary/aromatic N) is 3. The van der Waals surface area contributed by atoms with E-state index in [1.165, 1.54) is 11.6 Å². The highest BCUT2D eigenvalue weighted by Crippen LogP contribution is 2.22. The molecule has 0 aromatic carbocycles. The van der Waals surface area contributed by atoms with Crippen LogP contribution in [0.5, 0.6) is 0 Å². The first-order valence-corrected chi connectivity index (χ1v) is 7.72. The molecular weight excluding hydrogens is 358 g/mol. The first-order chi connectivity index (χ1) is 9.97. The molecule has 0 atom stereocenters. The summed E-state index contributed by atoms with van der Waals surface area (Å²) in [6, 6.07) is 3.97. The van der Waals surface area contributed by atoms with Gasteiger partial charge < -0.3 is 10.3 Å². The minimum absolute atomic E-state index is 0.314. The zero-order chi connectivity index (χ0) is 15.1. The van der Waals surface area contributed by atoms with Crippen molar-refractivity contribution in [2.45, 2.75) is 6.54 Å². The fourth-order valence-corrected chi connectivity index (χ4v) is 3.45. The van der Waals surface area contributed by atoms with Crippen LogP contribution in [0.15, 0.2) is 25.5 Å². The second kappa shape index (κ2) is 5.15. The van der Waals surface area contributed by atoms with Gasteiger partial charge in [0.2, 0.25) is 5.95 Å². The van der Waals surface area contributed by atoms with E-state index in [9.17, 15) is 9.59 Å². The average molecular weight is 370 g/mol. The summed E-state index contributed by atoms with van der Waals surface area (Å²) < 4.78 is 3.46. The molecular formula is C12H12BrN5O2S. The minimum atomic E-state index is -0.396. The van der Waals surface area contributed by atoms with Crippen LogP contribution in [0.3, 0.4) is 0 Å². The number of thiophene rings is 1. The van der Waals surface area contributed by atoms with Crippen LogP contribution in [0.1, 0.15) is 4.88 Å². The van der Waals surface area contributed by atoms with Crippen molar-refractivity contribution in [2.75, 3.05) is 5.32 Å². The summed E-state index contributed by atoms with van der Waals surface area (Å²) in [6.07, 6.45) is 0. The summed E-state index contributed by atoms with van der Waals surface area (Å²) in [6.45, 7) is 0.588. The molecule has 0 fully saturated rings. The summed E-state index contributed by atoms with van der Waals surface area (Å²) >= 11 is 5.02. The molecule has 21 heavy (non-hydrogen) atoms. The molecule has 3 aromatic heterocycles. The van der Waals surface area contributed by atoms with Crippen LogP contribution >= 0.6 is 27.3 Å². The molecule has 110 valence electrons. The van der Waals surface area contributed by atoms with E-state index >= 15 is 0 Å². The van der Waals surface area contributed by atoms with Crippen molar-refractivity contribution in [3.63, 3.8) is 0 Å². The maximum atomic E-state index is 12.0. The Morgan fingerprint density at radius 3 is 2.76 bits per heavy atom. The Hall–Kier alpha value is -1.87. The molecule has 3 rings (SSSR count). The van der Waals surface area contributed by atoms with Gasteiger partial charge in [0.1, 0.15) is 0 Å². The van der Waals surface area contributed by atoms with E-state index in [1.807, 2.05) is 12.1 Å². The lowest BCUT2D eigenvalue weighted by molar-refractivity contribution is 0.709. The molecule has 0 amide bonds. The summed E-state index contributed by atoms with van der Waals surface area (Å²) in [5.41, 5.74) is -0.118. The lowest BCUT2D eigenvalue weighted by Crippen LogP contribution is -2.36. The molecule has 0 unspecified atom stereocenters. The van der Waals surface area contributed by atoms with Crippen molar-refractivity contribution < 1.29 is 0 Å². The Labute approximate surface area is 131 Å². The van der Waals surface area contributed by atoms with E-state index in [1.54, 1.807) is 18.4 Å². The van der Waals surface area contributed by atoms with Crippen molar-refractivity contribution in [1.29, 1.82) is 0 Å². The van der Waals surface area contributed by atoms with E-state index in [2.05, 4.69) is 31.2 Å². The molecule has 0 aliphatic carbocycles. The Balaban J connectivity index is 1.98. The van der Waals surface area contributed by atoms with E-state index in [0.29, 0.717) is 23.7 Å². The molecule has 0 aliphatic heterocycles. The molecule has 0 saturated carbocycles. The Morgan fingerprint density at radius 2 is 2.10 bits per heavy atom. The van der Waals surface area contributed by atoms with Gasteiger partial charge >= 0.3 is 5.69 Å². The Kier molecular flexibility index (Phi) is 3.46. The van der Waals surface area contributed by atoms with Gasteiger partial charge in [0, 0.05) is 19.0 Å². The molecule has 0 spiro atoms. The maximum absolute atomic E-state index is 12.0. The fourth-order valence-electron chi connectivity index (χ4n) is 2.03. The molecule has 3 heterocycles. The van der Waals surface area contributed by atoms with Crippen LogP contribution in [0, 0.1) is 0 Å². The lowest BCUT2D eigenvalue weighted by Gasteiger charge is -2.00. The highest BCUT2D eigenvalue weighted by molar-refractivity contribution is 9.11. The number of aryl methyl sites for hydroxylation is 1. The zero-order valence-electron chi connectivity index (χ0n) is 11.3. The lowest BCUT2D eigenvalue weighted by atomic mass is 10.5. The van der Waals surface area contributed by atoms with Gasteiger partial charge in [-0.05, 0) is 28.1 Å². The number of rotatable bonds is 3. The normalized spacial score (nSPS) is 11.2. The van der Waals surface area contributed by atoms with Crippen LogP contribution in [-0.4, -0.2) is 19.1 Å². The topological polar surface area (TPSA) is 84.7 Å². The number of fused-ring (bicyclic) bond motifs is 1. The molecule has 0 radical (unpaired) electrons. The number of nitrogens with one attached hydrogen (secondary N) is 2. The monoisotopic (exact) mass is 369 g/mol. The molecule has 0 saturated heterocycles. The van der Waals surface area contributed by atoms with Crippen LogP contribution in [0.25, 0.3) is 11.2 Å². The molecule has 0 aliphatic rings. The van der Waals surface area contributed by atoms with Crippen molar-refractivity contribution in [3.05, 3.63) is 41.6 Å². The standard InChI is InChI=1S/C12H12BrN5O2S/c1-17-9-8(10(19)18(2)12(17)20)15-11(16-9)14-5-6-3-4-7(13)21-6/h3-4H,5H2,1-2H3,(H2,14,15,16). The zero-order valence-corrected chi connectivity index (χ0v) is 13.7. The molecule has 3 aromatic rings. The highest BCUT2D eigenvalue weighted by Gasteiger charge is 2.13. The van der Waals surface area contributed by atoms with Gasteiger partial charge in [0.05, 0.1) is 10.3 Å². The number of aromatic amines is 1. The van der Waals surface area contributed by atoms with Crippen molar-refractivity contribution >= 4 is 44.4 Å². The van der Waals surface area contributed by atoms with E-state index < -0.39 is 5.69 Å². The number of aromatic nitrogens is 4. The summed E-state index contributed by atoms with van der Waals surface area (Å²) in [7, 11) is 3.03. The van der Waals surface area contributed by atoms with Gasteiger partial charge in [-0.15, -0.1) is 11.3 Å². The van der Waals surface area contributed by atoms with Gasteiger partial charge in [0.15, 0.2) is 11.2 Å². The predicted molar refractivity (Wildman–Crippen MR) is 85.9 cm³/mol. The number of H-pyrrole nitrogens is 1. The van der Waals surface area contributed by atoms with E-state index in [0.717, 1.165) is 13.2 Å². The van der Waals surface area contributed by atoms with E-state index in [4.69, 9.17) is 0 Å². The summed E-state index contributed by atoms with van der Waals surface area (Å²) in [5.74, 6) is 0.466. The third kappa shape index (κ3) is 2.42. The van der Waals surface area contributed by atoms with Crippen LogP contribution in [0.4, 0.5) is 5.95 Å². The third-order valence-corrected chi connectivity index (χ3v) is 4.78. The van der Waals surface area contributed by atoms with Gasteiger partial charge in [-0.1, -0.05) is 0 Å². The Morgan fingerprint density at radius 1 is 1.33 bits per heavy atom. The fraction of sp³-hybridized carbons (Fsp3) is 0.250.